The molecule has 474 valence electrons. The van der Waals surface area contributed by atoms with Crippen molar-refractivity contribution in [3.63, 3.8) is 0 Å². The lowest BCUT2D eigenvalue weighted by Crippen LogP contribution is -2.60. The second kappa shape index (κ2) is 61.0. The van der Waals surface area contributed by atoms with Crippen LogP contribution < -0.4 is 5.32 Å². The quantitative estimate of drug-likeness (QED) is 0.0261. The lowest BCUT2D eigenvalue weighted by molar-refractivity contribution is -0.302. The molecule has 7 atom stereocenters. The molecule has 6 N–H and O–H groups in total. The smallest absolute Gasteiger partial charge is 0.220 e. The second-order valence-electron chi connectivity index (χ2n) is 24.3. The topological polar surface area (TPSA) is 149 Å². The maximum absolute atomic E-state index is 13.1. The molecular formula is C72H133NO8. The summed E-state index contributed by atoms with van der Waals surface area (Å²) < 4.78 is 11.3. The van der Waals surface area contributed by atoms with Crippen LogP contribution in [0.1, 0.15) is 335 Å². The van der Waals surface area contributed by atoms with Gasteiger partial charge in [-0.2, -0.15) is 0 Å². The predicted molar refractivity (Wildman–Crippen MR) is 346 cm³/mol. The van der Waals surface area contributed by atoms with Gasteiger partial charge in [0.1, 0.15) is 24.4 Å². The van der Waals surface area contributed by atoms with Crippen LogP contribution in [-0.2, 0) is 14.3 Å². The van der Waals surface area contributed by atoms with Gasteiger partial charge in [0.05, 0.1) is 25.4 Å². The number of hydrogen-bond acceptors (Lipinski definition) is 8. The first-order valence-corrected chi connectivity index (χ1v) is 35.0. The molecule has 0 aromatic heterocycles. The fourth-order valence-corrected chi connectivity index (χ4v) is 11.1. The van der Waals surface area contributed by atoms with Gasteiger partial charge in [-0.25, -0.2) is 0 Å². The summed E-state index contributed by atoms with van der Waals surface area (Å²) in [5.41, 5.74) is 0. The molecule has 0 aromatic rings. The van der Waals surface area contributed by atoms with Gasteiger partial charge >= 0.3 is 0 Å². The third-order valence-corrected chi connectivity index (χ3v) is 16.6. The van der Waals surface area contributed by atoms with E-state index in [2.05, 4.69) is 67.8 Å². The highest BCUT2D eigenvalue weighted by Crippen LogP contribution is 2.23. The van der Waals surface area contributed by atoms with Gasteiger partial charge in [0.2, 0.25) is 5.91 Å². The zero-order valence-electron chi connectivity index (χ0n) is 53.0. The predicted octanol–water partition coefficient (Wildman–Crippen LogP) is 19.0. The van der Waals surface area contributed by atoms with Crippen molar-refractivity contribution in [1.82, 2.24) is 5.32 Å². The van der Waals surface area contributed by atoms with Gasteiger partial charge in [-0.15, -0.1) is 0 Å². The molecule has 1 heterocycles. The second-order valence-corrected chi connectivity index (χ2v) is 24.3. The van der Waals surface area contributed by atoms with Crippen LogP contribution in [0.5, 0.6) is 0 Å². The van der Waals surface area contributed by atoms with Crippen molar-refractivity contribution < 1.29 is 39.8 Å². The summed E-state index contributed by atoms with van der Waals surface area (Å²) in [5, 5.41) is 54.7. The van der Waals surface area contributed by atoms with Crippen LogP contribution >= 0.6 is 0 Å². The third kappa shape index (κ3) is 49.8. The number of ether oxygens (including phenoxy) is 2. The molecule has 0 bridgehead atoms. The van der Waals surface area contributed by atoms with Crippen molar-refractivity contribution >= 4 is 5.91 Å². The molecule has 9 nitrogen and oxygen atoms in total. The van der Waals surface area contributed by atoms with Gasteiger partial charge in [0, 0.05) is 6.42 Å². The minimum absolute atomic E-state index is 0.182. The molecule has 1 amide bonds. The average Bonchev–Trinajstić information content (AvgIpc) is 3.50. The monoisotopic (exact) mass is 1140 g/mol. The molecule has 0 radical (unpaired) electrons. The molecule has 1 saturated heterocycles. The number of carbonyl (C=O) groups excluding carboxylic acids is 1. The highest BCUT2D eigenvalue weighted by Gasteiger charge is 2.44. The first-order chi connectivity index (χ1) is 39.8. The van der Waals surface area contributed by atoms with E-state index in [4.69, 9.17) is 9.47 Å². The summed E-state index contributed by atoms with van der Waals surface area (Å²) in [6.07, 6.45) is 77.6. The molecule has 9 heteroatoms. The maximum atomic E-state index is 13.1. The number of aliphatic hydroxyl groups is 5. The molecule has 0 aromatic carbocycles. The van der Waals surface area contributed by atoms with Gasteiger partial charge in [-0.1, -0.05) is 319 Å². The molecule has 7 unspecified atom stereocenters. The Morgan fingerprint density at radius 2 is 0.741 bits per heavy atom. The maximum Gasteiger partial charge on any atom is 0.220 e. The third-order valence-electron chi connectivity index (χ3n) is 16.6. The van der Waals surface area contributed by atoms with Crippen molar-refractivity contribution in [2.24, 2.45) is 0 Å². The standard InChI is InChI=1S/C72H133NO8/c1-3-5-7-9-11-13-15-17-19-21-23-25-27-29-30-31-32-33-34-35-36-38-40-42-44-46-48-50-52-54-56-58-60-62-68(76)73-65(64-80-72-71(79)70(78)69(77)67(63-74)81-72)66(75)61-59-57-55-53-51-49-47-45-43-41-39-37-28-26-24-22-20-18-16-14-12-10-8-6-4-2/h15,17,21,23,27,29,51,53,59,61,65-67,69-72,74-75,77-79H,3-14,16,18-20,22,24-26,28,30-50,52,54-58,60,62-64H2,1-2H3,(H,73,76)/b17-15-,23-21-,29-27-,53-51+,61-59+. The van der Waals surface area contributed by atoms with Gasteiger partial charge in [0.15, 0.2) is 6.29 Å². The van der Waals surface area contributed by atoms with Gasteiger partial charge in [-0.3, -0.25) is 4.79 Å². The van der Waals surface area contributed by atoms with Crippen LogP contribution in [0, 0.1) is 0 Å². The Balaban J connectivity index is 2.14. The Kier molecular flexibility index (Phi) is 57.9. The minimum Gasteiger partial charge on any atom is -0.394 e. The van der Waals surface area contributed by atoms with Gasteiger partial charge in [0.25, 0.3) is 0 Å². The van der Waals surface area contributed by atoms with Crippen LogP contribution in [0.2, 0.25) is 0 Å². The number of unbranched alkanes of at least 4 members (excludes halogenated alkanes) is 43. The lowest BCUT2D eigenvalue weighted by atomic mass is 9.99. The normalized spacial score (nSPS) is 18.7. The molecule has 1 rings (SSSR count). The molecule has 1 aliphatic heterocycles. The average molecular weight is 1140 g/mol. The number of carbonyl (C=O) groups is 1. The summed E-state index contributed by atoms with van der Waals surface area (Å²) in [6.45, 7) is 3.79. The fraction of sp³-hybridized carbons (Fsp3) is 0.847. The molecule has 0 saturated carbocycles. The highest BCUT2D eigenvalue weighted by molar-refractivity contribution is 5.76. The largest absolute Gasteiger partial charge is 0.394 e. The first kappa shape index (κ1) is 76.9. The Morgan fingerprint density at radius 1 is 0.420 bits per heavy atom. The van der Waals surface area contributed by atoms with Crippen molar-refractivity contribution in [1.29, 1.82) is 0 Å². The number of rotatable bonds is 61. The van der Waals surface area contributed by atoms with E-state index in [1.54, 1.807) is 6.08 Å². The Hall–Kier alpha value is -2.11. The summed E-state index contributed by atoms with van der Waals surface area (Å²) in [7, 11) is 0. The Labute approximate surface area is 500 Å². The Morgan fingerprint density at radius 3 is 1.12 bits per heavy atom. The highest BCUT2D eigenvalue weighted by atomic mass is 16.7. The van der Waals surface area contributed by atoms with Crippen molar-refractivity contribution in [2.45, 2.75) is 378 Å². The van der Waals surface area contributed by atoms with E-state index < -0.39 is 49.5 Å². The molecule has 0 aliphatic carbocycles. The molecule has 0 spiro atoms. The zero-order chi connectivity index (χ0) is 58.6. The van der Waals surface area contributed by atoms with E-state index in [1.165, 1.54) is 263 Å². The van der Waals surface area contributed by atoms with Gasteiger partial charge < -0.3 is 40.3 Å². The molecule has 1 aliphatic rings. The number of hydrogen-bond donors (Lipinski definition) is 6. The fourth-order valence-electron chi connectivity index (χ4n) is 11.1. The summed E-state index contributed by atoms with van der Waals surface area (Å²) in [6, 6.07) is -0.824. The minimum atomic E-state index is -1.57. The van der Waals surface area contributed by atoms with Crippen molar-refractivity contribution in [3.05, 3.63) is 60.8 Å². The lowest BCUT2D eigenvalue weighted by Gasteiger charge is -2.40. The first-order valence-electron chi connectivity index (χ1n) is 35.0. The van der Waals surface area contributed by atoms with Crippen LogP contribution in [0.15, 0.2) is 60.8 Å². The molecule has 1 fully saturated rings. The van der Waals surface area contributed by atoms with E-state index in [0.717, 1.165) is 51.4 Å². The van der Waals surface area contributed by atoms with E-state index in [0.29, 0.717) is 6.42 Å². The Bertz CT molecular complexity index is 1460. The van der Waals surface area contributed by atoms with Crippen molar-refractivity contribution in [3.8, 4) is 0 Å². The van der Waals surface area contributed by atoms with Crippen LogP contribution in [0.4, 0.5) is 0 Å². The SMILES string of the molecule is CCCCCCC/C=C\C/C=C\C/C=C\CCCCCCCCCCCCCCCCCCCCC(=O)NC(COC1OC(CO)C(O)C(O)C1O)C(O)/C=C/CC/C=C/CCCCCCCCCCCCCCCCCCCCC. The summed E-state index contributed by atoms with van der Waals surface area (Å²) in [4.78, 5) is 13.1. The summed E-state index contributed by atoms with van der Waals surface area (Å²) >= 11 is 0. The van der Waals surface area contributed by atoms with Crippen LogP contribution in [0.25, 0.3) is 0 Å². The molecule has 81 heavy (non-hydrogen) atoms. The van der Waals surface area contributed by atoms with Crippen molar-refractivity contribution in [2.75, 3.05) is 13.2 Å². The van der Waals surface area contributed by atoms with Crippen LogP contribution in [-0.4, -0.2) is 87.5 Å². The van der Waals surface area contributed by atoms with E-state index in [1.807, 2.05) is 6.08 Å². The zero-order valence-corrected chi connectivity index (χ0v) is 53.0. The van der Waals surface area contributed by atoms with E-state index >= 15 is 0 Å². The molecular weight excluding hydrogens is 1010 g/mol. The number of allylic oxidation sites excluding steroid dienone is 9. The van der Waals surface area contributed by atoms with E-state index in [9.17, 15) is 30.3 Å². The summed E-state index contributed by atoms with van der Waals surface area (Å²) in [5.74, 6) is -0.182. The number of amides is 1. The number of aliphatic hydroxyl groups excluding tert-OH is 5. The van der Waals surface area contributed by atoms with E-state index in [-0.39, 0.29) is 12.5 Å². The van der Waals surface area contributed by atoms with Gasteiger partial charge in [-0.05, 0) is 70.6 Å². The van der Waals surface area contributed by atoms with Crippen LogP contribution in [0.3, 0.4) is 0 Å². The number of nitrogens with one attached hydrogen (secondary N) is 1.